The Hall–Kier alpha value is -5.02. The van der Waals surface area contributed by atoms with E-state index in [4.69, 9.17) is 0 Å². The van der Waals surface area contributed by atoms with Gasteiger partial charge in [-0.1, -0.05) is 149 Å². The summed E-state index contributed by atoms with van der Waals surface area (Å²) >= 11 is 0. The van der Waals surface area contributed by atoms with Gasteiger partial charge in [0, 0.05) is 34.0 Å². The highest BCUT2D eigenvalue weighted by atomic mass is 15.2. The number of benzene rings is 6. The van der Waals surface area contributed by atoms with Crippen molar-refractivity contribution in [2.45, 2.75) is 126 Å². The van der Waals surface area contributed by atoms with Crippen molar-refractivity contribution in [1.82, 2.24) is 0 Å². The van der Waals surface area contributed by atoms with Gasteiger partial charge in [0.1, 0.15) is 0 Å². The summed E-state index contributed by atoms with van der Waals surface area (Å²) in [7, 11) is 0. The molecule has 3 heteroatoms. The van der Waals surface area contributed by atoms with E-state index >= 15 is 0 Å². The van der Waals surface area contributed by atoms with Crippen LogP contribution in [0, 0.1) is 20.8 Å². The molecule has 6 aromatic rings. The summed E-state index contributed by atoms with van der Waals surface area (Å²) in [5.74, 6) is 0. The van der Waals surface area contributed by atoms with Crippen LogP contribution in [0.15, 0.2) is 109 Å². The quantitative estimate of drug-likeness (QED) is 0.165. The number of anilines is 6. The normalized spacial score (nSPS) is 14.0. The second-order valence-corrected chi connectivity index (χ2v) is 21.5. The van der Waals surface area contributed by atoms with E-state index in [9.17, 15) is 0 Å². The van der Waals surface area contributed by atoms with Gasteiger partial charge in [0.25, 0.3) is 6.71 Å². The molecule has 0 N–H and O–H groups in total. The van der Waals surface area contributed by atoms with Crippen molar-refractivity contribution in [3.8, 4) is 11.1 Å². The standard InChI is InChI=1S/C55H63BN2/c1-34-16-24-42(36(3)28-34)43-31-38(53(7,8)9)19-25-46(43)58-48-27-21-40(55(13,14)15)33-45(48)56-44-32-39(54(10,11)12)20-26-47(44)57(49-29-35(2)30-50(58)51(49)56)41-22-17-37(18-23-41)52(4,5)6/h16-33H,1-15H3. The SMILES string of the molecule is Cc1ccc(-c2cc(C(C)(C)C)ccc2N2c3ccc(C(C)(C)C)cc3B3c4cc(C(C)(C)C)ccc4N(c4ccc(C(C)(C)C)cc4)c4cc(C)cc2c43)c(C)c1. The average molecular weight is 763 g/mol. The van der Waals surface area contributed by atoms with E-state index in [2.05, 4.69) is 223 Å². The number of hydrogen-bond acceptors (Lipinski definition) is 2. The number of hydrogen-bond donors (Lipinski definition) is 0. The van der Waals surface area contributed by atoms with Gasteiger partial charge in [-0.05, 0) is 146 Å². The Labute approximate surface area is 350 Å². The molecule has 2 aliphatic heterocycles. The molecule has 0 radical (unpaired) electrons. The fraction of sp³-hybridized carbons (Fsp3) is 0.345. The lowest BCUT2D eigenvalue weighted by atomic mass is 9.33. The summed E-state index contributed by atoms with van der Waals surface area (Å²) < 4.78 is 0. The molecule has 0 atom stereocenters. The van der Waals surface area contributed by atoms with Gasteiger partial charge in [-0.2, -0.15) is 0 Å². The van der Waals surface area contributed by atoms with E-state index in [1.165, 1.54) is 101 Å². The van der Waals surface area contributed by atoms with Crippen LogP contribution in [0.1, 0.15) is 122 Å². The summed E-state index contributed by atoms with van der Waals surface area (Å²) in [6.07, 6.45) is 0. The lowest BCUT2D eigenvalue weighted by Gasteiger charge is -2.45. The molecule has 0 aromatic heterocycles. The summed E-state index contributed by atoms with van der Waals surface area (Å²) in [5.41, 5.74) is 23.4. The van der Waals surface area contributed by atoms with Crippen LogP contribution in [-0.4, -0.2) is 6.71 Å². The molecule has 0 saturated carbocycles. The van der Waals surface area contributed by atoms with Crippen LogP contribution in [0.3, 0.4) is 0 Å². The topological polar surface area (TPSA) is 6.48 Å². The van der Waals surface area contributed by atoms with E-state index in [1.54, 1.807) is 0 Å². The van der Waals surface area contributed by atoms with Gasteiger partial charge in [0.05, 0.1) is 5.69 Å². The Bertz CT molecular complexity index is 2580. The maximum absolute atomic E-state index is 2.62. The molecule has 0 amide bonds. The maximum atomic E-state index is 2.62. The highest BCUT2D eigenvalue weighted by Crippen LogP contribution is 2.49. The molecule has 0 aliphatic carbocycles. The fourth-order valence-corrected chi connectivity index (χ4v) is 9.25. The molecule has 0 spiro atoms. The van der Waals surface area contributed by atoms with Gasteiger partial charge in [-0.15, -0.1) is 0 Å². The second kappa shape index (κ2) is 13.5. The molecular weight excluding hydrogens is 699 g/mol. The number of rotatable bonds is 3. The van der Waals surface area contributed by atoms with Crippen molar-refractivity contribution in [1.29, 1.82) is 0 Å². The zero-order valence-electron chi connectivity index (χ0n) is 37.9. The molecule has 2 heterocycles. The minimum atomic E-state index is -0.0135. The van der Waals surface area contributed by atoms with Gasteiger partial charge >= 0.3 is 0 Å². The van der Waals surface area contributed by atoms with Crippen molar-refractivity contribution in [2.24, 2.45) is 0 Å². The molecule has 0 saturated heterocycles. The van der Waals surface area contributed by atoms with Crippen molar-refractivity contribution in [2.75, 3.05) is 9.80 Å². The van der Waals surface area contributed by atoms with Crippen LogP contribution in [0.4, 0.5) is 34.1 Å². The summed E-state index contributed by atoms with van der Waals surface area (Å²) in [4.78, 5) is 5.17. The molecule has 6 aromatic carbocycles. The molecule has 0 fully saturated rings. The Morgan fingerprint density at radius 3 is 1.31 bits per heavy atom. The molecular formula is C55H63BN2. The van der Waals surface area contributed by atoms with Crippen molar-refractivity contribution in [3.05, 3.63) is 148 Å². The van der Waals surface area contributed by atoms with Crippen molar-refractivity contribution in [3.63, 3.8) is 0 Å². The van der Waals surface area contributed by atoms with Gasteiger partial charge in [-0.3, -0.25) is 0 Å². The van der Waals surface area contributed by atoms with Gasteiger partial charge < -0.3 is 9.80 Å². The van der Waals surface area contributed by atoms with E-state index in [0.717, 1.165) is 0 Å². The fourth-order valence-electron chi connectivity index (χ4n) is 9.25. The molecule has 8 rings (SSSR count). The minimum absolute atomic E-state index is 0.00158. The van der Waals surface area contributed by atoms with Crippen LogP contribution in [0.25, 0.3) is 11.1 Å². The van der Waals surface area contributed by atoms with Gasteiger partial charge in [0.2, 0.25) is 0 Å². The summed E-state index contributed by atoms with van der Waals surface area (Å²) in [6.45, 7) is 34.7. The number of fused-ring (bicyclic) bond motifs is 4. The monoisotopic (exact) mass is 763 g/mol. The van der Waals surface area contributed by atoms with Crippen LogP contribution < -0.4 is 26.2 Å². The average Bonchev–Trinajstić information content (AvgIpc) is 3.12. The summed E-state index contributed by atoms with van der Waals surface area (Å²) in [6, 6.07) is 43.1. The lowest BCUT2D eigenvalue weighted by molar-refractivity contribution is 0.590. The largest absolute Gasteiger partial charge is 0.311 e. The predicted octanol–water partition coefficient (Wildman–Crippen LogP) is 13.6. The zero-order chi connectivity index (χ0) is 41.9. The first-order valence-electron chi connectivity index (χ1n) is 21.4. The first-order valence-corrected chi connectivity index (χ1v) is 21.4. The van der Waals surface area contributed by atoms with Crippen LogP contribution in [-0.2, 0) is 21.7 Å². The molecule has 0 bridgehead atoms. The molecule has 296 valence electrons. The highest BCUT2D eigenvalue weighted by molar-refractivity contribution is 7.00. The second-order valence-electron chi connectivity index (χ2n) is 21.5. The lowest BCUT2D eigenvalue weighted by Crippen LogP contribution is -2.61. The first kappa shape index (κ1) is 39.8. The van der Waals surface area contributed by atoms with Gasteiger partial charge in [-0.25, -0.2) is 0 Å². The molecule has 0 unspecified atom stereocenters. The highest BCUT2D eigenvalue weighted by Gasteiger charge is 2.44. The predicted molar refractivity (Wildman–Crippen MR) is 255 cm³/mol. The third-order valence-electron chi connectivity index (χ3n) is 12.7. The number of aryl methyl sites for hydroxylation is 3. The zero-order valence-corrected chi connectivity index (χ0v) is 37.9. The number of nitrogens with zero attached hydrogens (tertiary/aromatic N) is 2. The maximum Gasteiger partial charge on any atom is 0.252 e. The van der Waals surface area contributed by atoms with Crippen LogP contribution in [0.2, 0.25) is 0 Å². The Kier molecular flexibility index (Phi) is 9.27. The Morgan fingerprint density at radius 1 is 0.362 bits per heavy atom. The molecule has 2 nitrogen and oxygen atoms in total. The van der Waals surface area contributed by atoms with Crippen LogP contribution in [0.5, 0.6) is 0 Å². The smallest absolute Gasteiger partial charge is 0.252 e. The Balaban J connectivity index is 1.50. The van der Waals surface area contributed by atoms with Crippen molar-refractivity contribution >= 4 is 57.2 Å². The third-order valence-corrected chi connectivity index (χ3v) is 12.7. The first-order chi connectivity index (χ1) is 27.0. The molecule has 58 heavy (non-hydrogen) atoms. The molecule has 2 aliphatic rings. The van der Waals surface area contributed by atoms with Crippen LogP contribution >= 0.6 is 0 Å². The Morgan fingerprint density at radius 2 is 0.810 bits per heavy atom. The van der Waals surface area contributed by atoms with Crippen molar-refractivity contribution < 1.29 is 0 Å². The van der Waals surface area contributed by atoms with Gasteiger partial charge in [0.15, 0.2) is 0 Å². The van der Waals surface area contributed by atoms with E-state index in [1.807, 2.05) is 0 Å². The summed E-state index contributed by atoms with van der Waals surface area (Å²) in [5, 5.41) is 0. The van der Waals surface area contributed by atoms with E-state index in [-0.39, 0.29) is 28.4 Å². The third kappa shape index (κ3) is 6.79. The minimum Gasteiger partial charge on any atom is -0.311 e. The van der Waals surface area contributed by atoms with E-state index in [0.29, 0.717) is 0 Å². The van der Waals surface area contributed by atoms with E-state index < -0.39 is 0 Å².